The van der Waals surface area contributed by atoms with E-state index in [1.54, 1.807) is 6.92 Å². The van der Waals surface area contributed by atoms with E-state index in [-0.39, 0.29) is 23.2 Å². The van der Waals surface area contributed by atoms with Crippen molar-refractivity contribution in [3.63, 3.8) is 0 Å². The molecule has 82 valence electrons. The van der Waals surface area contributed by atoms with E-state index < -0.39 is 16.1 Å². The van der Waals surface area contributed by atoms with Gasteiger partial charge in [-0.25, -0.2) is 8.42 Å². The van der Waals surface area contributed by atoms with E-state index in [4.69, 9.17) is 5.73 Å². The topological polar surface area (TPSA) is 83.6 Å². The van der Waals surface area contributed by atoms with Gasteiger partial charge < -0.3 is 10.8 Å². The van der Waals surface area contributed by atoms with Crippen LogP contribution in [-0.2, 0) is 10.0 Å². The van der Waals surface area contributed by atoms with Gasteiger partial charge >= 0.3 is 0 Å². The highest BCUT2D eigenvalue weighted by atomic mass is 32.2. The predicted octanol–water partition coefficient (Wildman–Crippen LogP) is -1.09. The number of hydrogen-bond donors (Lipinski definition) is 2. The van der Waals surface area contributed by atoms with E-state index >= 15 is 0 Å². The van der Waals surface area contributed by atoms with Crippen LogP contribution in [0.2, 0.25) is 0 Å². The number of aliphatic hydroxyl groups excluding tert-OH is 1. The number of nitrogens with zero attached hydrogens (tertiary/aromatic N) is 1. The third-order valence-electron chi connectivity index (χ3n) is 2.26. The van der Waals surface area contributed by atoms with E-state index in [1.807, 2.05) is 0 Å². The molecule has 1 aliphatic rings. The van der Waals surface area contributed by atoms with Crippen LogP contribution in [0.5, 0.6) is 0 Å². The lowest BCUT2D eigenvalue weighted by molar-refractivity contribution is 0.153. The number of sulfonamides is 1. The fraction of sp³-hybridized carbons (Fsp3) is 0.857. The number of aliphatic hydroxyl groups is 1. The second-order valence-electron chi connectivity index (χ2n) is 3.58. The van der Waals surface area contributed by atoms with Crippen LogP contribution in [0, 0.1) is 5.92 Å². The maximum absolute atomic E-state index is 11.6. The zero-order valence-corrected chi connectivity index (χ0v) is 9.51. The molecule has 1 fully saturated rings. The number of rotatable bonds is 3. The first-order chi connectivity index (χ1) is 6.33. The van der Waals surface area contributed by atoms with Crippen LogP contribution in [0.25, 0.3) is 0 Å². The van der Waals surface area contributed by atoms with Gasteiger partial charge in [0.2, 0.25) is 10.0 Å². The van der Waals surface area contributed by atoms with Gasteiger partial charge in [-0.1, -0.05) is 19.1 Å². The first-order valence-electron chi connectivity index (χ1n) is 4.27. The summed E-state index contributed by atoms with van der Waals surface area (Å²) in [6, 6.07) is 0. The Morgan fingerprint density at radius 1 is 1.64 bits per heavy atom. The van der Waals surface area contributed by atoms with E-state index in [0.29, 0.717) is 6.54 Å². The molecule has 0 amide bonds. The Kier molecular flexibility index (Phi) is 3.46. The zero-order valence-electron chi connectivity index (χ0n) is 7.88. The largest absolute Gasteiger partial charge is 0.392 e. The van der Waals surface area contributed by atoms with Crippen LogP contribution in [0.4, 0.5) is 0 Å². The van der Waals surface area contributed by atoms with Crippen molar-refractivity contribution in [2.45, 2.75) is 13.0 Å². The highest BCUT2D eigenvalue weighted by molar-refractivity contribution is 7.92. The van der Waals surface area contributed by atoms with Gasteiger partial charge in [-0.2, -0.15) is 4.31 Å². The summed E-state index contributed by atoms with van der Waals surface area (Å²) in [5, 5.41) is 9.40. The Bertz CT molecular complexity index is 318. The van der Waals surface area contributed by atoms with Gasteiger partial charge in [-0.15, -0.1) is 0 Å². The van der Waals surface area contributed by atoms with Crippen LogP contribution in [0.3, 0.4) is 0 Å². The van der Waals surface area contributed by atoms with Crippen molar-refractivity contribution in [3.8, 4) is 0 Å². The molecule has 14 heavy (non-hydrogen) atoms. The average Bonchev–Trinajstić information content (AvgIpc) is 2.30. The summed E-state index contributed by atoms with van der Waals surface area (Å²) >= 11 is 4.55. The third-order valence-corrected chi connectivity index (χ3v) is 4.35. The number of hydrogen-bond acceptors (Lipinski definition) is 4. The van der Waals surface area contributed by atoms with E-state index in [9.17, 15) is 13.5 Å². The molecule has 3 N–H and O–H groups in total. The molecule has 0 aliphatic carbocycles. The molecular weight excluding hydrogens is 224 g/mol. The zero-order chi connectivity index (χ0) is 10.9. The number of β-amino-alcohol motifs (C(OH)–C–C–N with tert-alkyl or cyclic N) is 1. The first-order valence-corrected chi connectivity index (χ1v) is 6.29. The molecule has 7 heteroatoms. The molecular formula is C7H14N2O3S2. The molecule has 0 aromatic rings. The molecule has 2 atom stereocenters. The Hall–Kier alpha value is -0.240. The van der Waals surface area contributed by atoms with Crippen molar-refractivity contribution in [1.29, 1.82) is 0 Å². The summed E-state index contributed by atoms with van der Waals surface area (Å²) in [6.45, 7) is 2.29. The van der Waals surface area contributed by atoms with Crippen molar-refractivity contribution in [2.75, 3.05) is 18.8 Å². The first kappa shape index (κ1) is 11.8. The SMILES string of the molecule is CC1CN(S(=O)(=O)CC(N)=S)CC1O. The lowest BCUT2D eigenvalue weighted by Gasteiger charge is -2.14. The monoisotopic (exact) mass is 238 g/mol. The summed E-state index contributed by atoms with van der Waals surface area (Å²) in [7, 11) is -3.42. The summed E-state index contributed by atoms with van der Waals surface area (Å²) in [4.78, 5) is -0.0426. The Labute approximate surface area is 88.9 Å². The molecule has 1 saturated heterocycles. The second-order valence-corrected chi connectivity index (χ2v) is 6.08. The minimum absolute atomic E-state index is 0.0314. The van der Waals surface area contributed by atoms with E-state index in [1.165, 1.54) is 4.31 Å². The molecule has 1 aliphatic heterocycles. The molecule has 0 radical (unpaired) electrons. The Balaban J connectivity index is 2.71. The summed E-state index contributed by atoms with van der Waals surface area (Å²) in [5.74, 6) is -0.349. The lowest BCUT2D eigenvalue weighted by Crippen LogP contribution is -2.36. The molecule has 5 nitrogen and oxygen atoms in total. The molecule has 0 aromatic heterocycles. The molecule has 1 rings (SSSR count). The van der Waals surface area contributed by atoms with Crippen LogP contribution >= 0.6 is 12.2 Å². The summed E-state index contributed by atoms with van der Waals surface area (Å²) in [5.41, 5.74) is 5.18. The normalized spacial score (nSPS) is 29.3. The maximum Gasteiger partial charge on any atom is 0.220 e. The van der Waals surface area contributed by atoms with Gasteiger partial charge in [0, 0.05) is 13.1 Å². The van der Waals surface area contributed by atoms with Crippen molar-refractivity contribution >= 4 is 27.2 Å². The van der Waals surface area contributed by atoms with Crippen molar-refractivity contribution in [2.24, 2.45) is 11.7 Å². The Morgan fingerprint density at radius 3 is 2.57 bits per heavy atom. The van der Waals surface area contributed by atoms with Gasteiger partial charge in [-0.05, 0) is 5.92 Å². The van der Waals surface area contributed by atoms with Crippen LogP contribution in [-0.4, -0.2) is 47.8 Å². The van der Waals surface area contributed by atoms with Gasteiger partial charge in [0.25, 0.3) is 0 Å². The van der Waals surface area contributed by atoms with Gasteiger partial charge in [0.1, 0.15) is 5.75 Å². The predicted molar refractivity (Wildman–Crippen MR) is 57.3 cm³/mol. The summed E-state index contributed by atoms with van der Waals surface area (Å²) in [6.07, 6.45) is -0.587. The fourth-order valence-corrected chi connectivity index (χ4v) is 3.24. The maximum atomic E-state index is 11.6. The molecule has 1 heterocycles. The number of nitrogens with two attached hydrogens (primary N) is 1. The molecule has 0 bridgehead atoms. The standard InChI is InChI=1S/C7H14N2O3S2/c1-5-2-9(3-6(5)10)14(11,12)4-7(8)13/h5-6,10H,2-4H2,1H3,(H2,8,13). The van der Waals surface area contributed by atoms with Crippen LogP contribution in [0.1, 0.15) is 6.92 Å². The second kappa shape index (κ2) is 4.09. The van der Waals surface area contributed by atoms with Crippen molar-refractivity contribution in [1.82, 2.24) is 4.31 Å². The molecule has 0 aromatic carbocycles. The fourth-order valence-electron chi connectivity index (χ4n) is 1.40. The van der Waals surface area contributed by atoms with Gasteiger partial charge in [-0.3, -0.25) is 0 Å². The number of thiocarbonyl (C=S) groups is 1. The van der Waals surface area contributed by atoms with Gasteiger partial charge in [0.05, 0.1) is 11.1 Å². The van der Waals surface area contributed by atoms with Crippen molar-refractivity contribution in [3.05, 3.63) is 0 Å². The van der Waals surface area contributed by atoms with E-state index in [0.717, 1.165) is 0 Å². The lowest BCUT2D eigenvalue weighted by atomic mass is 10.1. The minimum atomic E-state index is -3.42. The van der Waals surface area contributed by atoms with Crippen LogP contribution in [0.15, 0.2) is 0 Å². The highest BCUT2D eigenvalue weighted by Crippen LogP contribution is 2.19. The minimum Gasteiger partial charge on any atom is -0.392 e. The average molecular weight is 238 g/mol. The highest BCUT2D eigenvalue weighted by Gasteiger charge is 2.35. The third kappa shape index (κ3) is 2.63. The molecule has 0 saturated carbocycles. The Morgan fingerprint density at radius 2 is 2.21 bits per heavy atom. The van der Waals surface area contributed by atoms with Crippen molar-refractivity contribution < 1.29 is 13.5 Å². The van der Waals surface area contributed by atoms with E-state index in [2.05, 4.69) is 12.2 Å². The van der Waals surface area contributed by atoms with Crippen LogP contribution < -0.4 is 5.73 Å². The molecule has 0 spiro atoms. The quantitative estimate of drug-likeness (QED) is 0.611. The summed E-state index contributed by atoms with van der Waals surface area (Å²) < 4.78 is 24.4. The molecule has 2 unspecified atom stereocenters. The smallest absolute Gasteiger partial charge is 0.220 e. The van der Waals surface area contributed by atoms with Gasteiger partial charge in [0.15, 0.2) is 0 Å².